The van der Waals surface area contributed by atoms with Crippen molar-refractivity contribution in [1.82, 2.24) is 5.32 Å². The first kappa shape index (κ1) is 21.0. The normalized spacial score (nSPS) is 28.0. The molecule has 0 saturated heterocycles. The summed E-state index contributed by atoms with van der Waals surface area (Å²) in [6.07, 6.45) is 5.58. The van der Waals surface area contributed by atoms with Crippen LogP contribution in [0.15, 0.2) is 24.3 Å². The van der Waals surface area contributed by atoms with Crippen molar-refractivity contribution in [3.63, 3.8) is 0 Å². The minimum atomic E-state index is -0.134. The van der Waals surface area contributed by atoms with Crippen LogP contribution in [0.3, 0.4) is 0 Å². The third kappa shape index (κ3) is 4.52. The number of halogens is 1. The van der Waals surface area contributed by atoms with Crippen molar-refractivity contribution in [1.29, 1.82) is 0 Å². The van der Waals surface area contributed by atoms with Gasteiger partial charge in [0.05, 0.1) is 7.11 Å². The van der Waals surface area contributed by atoms with Crippen LogP contribution < -0.4 is 15.8 Å². The summed E-state index contributed by atoms with van der Waals surface area (Å²) in [7, 11) is 1.68. The third-order valence-corrected chi connectivity index (χ3v) is 6.34. The number of nitrogens with two attached hydrogens (primary N) is 1. The van der Waals surface area contributed by atoms with Gasteiger partial charge in [0, 0.05) is 23.9 Å². The number of amides is 1. The Morgan fingerprint density at radius 2 is 1.92 bits per heavy atom. The van der Waals surface area contributed by atoms with Crippen molar-refractivity contribution >= 4 is 18.3 Å². The van der Waals surface area contributed by atoms with Crippen LogP contribution >= 0.6 is 12.4 Å². The predicted octanol–water partition coefficient (Wildman–Crippen LogP) is 3.66. The van der Waals surface area contributed by atoms with Gasteiger partial charge in [0.1, 0.15) is 5.75 Å². The first-order valence-corrected chi connectivity index (χ1v) is 9.58. The summed E-state index contributed by atoms with van der Waals surface area (Å²) in [5, 5.41) is 3.21. The van der Waals surface area contributed by atoms with E-state index in [0.29, 0.717) is 24.4 Å². The average molecular weight is 381 g/mol. The number of benzene rings is 1. The number of carbonyl (C=O) groups excluding carboxylic acids is 1. The van der Waals surface area contributed by atoms with E-state index in [9.17, 15) is 4.79 Å². The van der Waals surface area contributed by atoms with Gasteiger partial charge in [0.25, 0.3) is 0 Å². The summed E-state index contributed by atoms with van der Waals surface area (Å²) < 4.78 is 5.32. The molecule has 2 aliphatic carbocycles. The lowest BCUT2D eigenvalue weighted by Gasteiger charge is -2.43. The minimum Gasteiger partial charge on any atom is -0.497 e. The molecule has 3 rings (SSSR count). The molecule has 1 aromatic carbocycles. The van der Waals surface area contributed by atoms with Gasteiger partial charge in [-0.3, -0.25) is 4.79 Å². The molecule has 0 aliphatic heterocycles. The molecule has 2 fully saturated rings. The number of nitrogens with one attached hydrogen (secondary N) is 1. The minimum absolute atomic E-state index is 0. The number of rotatable bonds is 5. The molecule has 2 unspecified atom stereocenters. The van der Waals surface area contributed by atoms with E-state index in [-0.39, 0.29) is 29.6 Å². The molecule has 2 aliphatic rings. The van der Waals surface area contributed by atoms with Crippen molar-refractivity contribution in [3.8, 4) is 5.75 Å². The van der Waals surface area contributed by atoms with Crippen LogP contribution in [0.25, 0.3) is 0 Å². The summed E-state index contributed by atoms with van der Waals surface area (Å²) in [6, 6.07) is 8.41. The fourth-order valence-electron chi connectivity index (χ4n) is 4.60. The second kappa shape index (κ2) is 8.62. The predicted molar refractivity (Wildman–Crippen MR) is 108 cm³/mol. The fourth-order valence-corrected chi connectivity index (χ4v) is 4.60. The van der Waals surface area contributed by atoms with Crippen molar-refractivity contribution in [2.45, 2.75) is 57.4 Å². The van der Waals surface area contributed by atoms with Crippen LogP contribution in [-0.2, 0) is 10.2 Å². The maximum atomic E-state index is 12.8. The van der Waals surface area contributed by atoms with Gasteiger partial charge in [-0.05, 0) is 55.2 Å². The molecule has 146 valence electrons. The lowest BCUT2D eigenvalue weighted by Crippen LogP contribution is -2.50. The Morgan fingerprint density at radius 3 is 2.54 bits per heavy atom. The quantitative estimate of drug-likeness (QED) is 0.819. The van der Waals surface area contributed by atoms with Crippen molar-refractivity contribution in [2.24, 2.45) is 23.5 Å². The molecule has 4 nitrogen and oxygen atoms in total. The van der Waals surface area contributed by atoms with Crippen molar-refractivity contribution in [3.05, 3.63) is 29.8 Å². The number of hydrogen-bond acceptors (Lipinski definition) is 3. The second-order valence-corrected chi connectivity index (χ2v) is 8.53. The van der Waals surface area contributed by atoms with Crippen LogP contribution in [0.5, 0.6) is 5.75 Å². The Kier molecular flexibility index (Phi) is 6.98. The molecule has 26 heavy (non-hydrogen) atoms. The van der Waals surface area contributed by atoms with Crippen LogP contribution in [0.2, 0.25) is 0 Å². The molecule has 2 atom stereocenters. The van der Waals surface area contributed by atoms with E-state index in [0.717, 1.165) is 18.6 Å². The molecule has 2 bridgehead atoms. The third-order valence-electron chi connectivity index (χ3n) is 6.34. The number of methoxy groups -OCH3 is 1. The molecule has 5 heteroatoms. The van der Waals surface area contributed by atoms with Gasteiger partial charge in [-0.2, -0.15) is 0 Å². The van der Waals surface area contributed by atoms with E-state index in [1.165, 1.54) is 24.8 Å². The topological polar surface area (TPSA) is 64.3 Å². The monoisotopic (exact) mass is 380 g/mol. The van der Waals surface area contributed by atoms with Gasteiger partial charge in [-0.15, -0.1) is 12.4 Å². The maximum Gasteiger partial charge on any atom is 0.223 e. The van der Waals surface area contributed by atoms with Gasteiger partial charge in [-0.25, -0.2) is 0 Å². The molecule has 3 N–H and O–H groups in total. The van der Waals surface area contributed by atoms with E-state index >= 15 is 0 Å². The smallest absolute Gasteiger partial charge is 0.223 e. The molecule has 0 aromatic heterocycles. The molecule has 0 radical (unpaired) electrons. The van der Waals surface area contributed by atoms with Crippen molar-refractivity contribution < 1.29 is 9.53 Å². The standard InChI is InChI=1S/C21H32N2O2.ClH/c1-21(2,17-8-5-9-18(12-17)25-3)13-23-20(24)16-10-14-6-4-7-15(11-16)19(14)22;/h5,8-9,12,14-16,19H,4,6-7,10-11,13,22H2,1-3H3,(H,23,24);1H. The lowest BCUT2D eigenvalue weighted by atomic mass is 9.65. The number of ether oxygens (including phenoxy) is 1. The maximum absolute atomic E-state index is 12.8. The lowest BCUT2D eigenvalue weighted by molar-refractivity contribution is -0.128. The molecular formula is C21H33ClN2O2. The molecule has 2 saturated carbocycles. The summed E-state index contributed by atoms with van der Waals surface area (Å²) in [6.45, 7) is 4.96. The van der Waals surface area contributed by atoms with E-state index in [4.69, 9.17) is 10.5 Å². The van der Waals surface area contributed by atoms with Crippen LogP contribution in [-0.4, -0.2) is 25.6 Å². The first-order valence-electron chi connectivity index (χ1n) is 9.58. The Hall–Kier alpha value is -1.26. The highest BCUT2D eigenvalue weighted by molar-refractivity contribution is 5.85. The zero-order chi connectivity index (χ0) is 18.0. The SMILES string of the molecule is COc1cccc(C(C)(C)CNC(=O)C2CC3CCCC(C2)C3N)c1.Cl. The summed E-state index contributed by atoms with van der Waals surface area (Å²) in [5.41, 5.74) is 7.39. The Bertz CT molecular complexity index is 606. The van der Waals surface area contributed by atoms with Gasteiger partial charge >= 0.3 is 0 Å². The highest BCUT2D eigenvalue weighted by Crippen LogP contribution is 2.42. The molecule has 1 aromatic rings. The first-order chi connectivity index (χ1) is 11.9. The van der Waals surface area contributed by atoms with Crippen molar-refractivity contribution in [2.75, 3.05) is 13.7 Å². The van der Waals surface area contributed by atoms with Gasteiger partial charge in [-0.1, -0.05) is 32.4 Å². The Labute approximate surface area is 163 Å². The number of fused-ring (bicyclic) bond motifs is 2. The molecule has 0 heterocycles. The van der Waals surface area contributed by atoms with Crippen LogP contribution in [0, 0.1) is 17.8 Å². The average Bonchev–Trinajstić information content (AvgIpc) is 2.59. The summed E-state index contributed by atoms with van der Waals surface area (Å²) >= 11 is 0. The van der Waals surface area contributed by atoms with Gasteiger partial charge in [0.2, 0.25) is 5.91 Å². The largest absolute Gasteiger partial charge is 0.497 e. The highest BCUT2D eigenvalue weighted by atomic mass is 35.5. The van der Waals surface area contributed by atoms with Gasteiger partial charge < -0.3 is 15.8 Å². The second-order valence-electron chi connectivity index (χ2n) is 8.53. The van der Waals surface area contributed by atoms with E-state index in [2.05, 4.69) is 31.3 Å². The number of carbonyl (C=O) groups is 1. The van der Waals surface area contributed by atoms with E-state index in [1.807, 2.05) is 12.1 Å². The zero-order valence-electron chi connectivity index (χ0n) is 16.2. The van der Waals surface area contributed by atoms with Crippen LogP contribution in [0.1, 0.15) is 51.5 Å². The van der Waals surface area contributed by atoms with Gasteiger partial charge in [0.15, 0.2) is 0 Å². The fraction of sp³-hybridized carbons (Fsp3) is 0.667. The summed E-state index contributed by atoms with van der Waals surface area (Å²) in [5.74, 6) is 2.27. The van der Waals surface area contributed by atoms with E-state index < -0.39 is 0 Å². The Balaban J connectivity index is 0.00000243. The molecule has 1 amide bonds. The molecular weight excluding hydrogens is 348 g/mol. The highest BCUT2D eigenvalue weighted by Gasteiger charge is 2.40. The summed E-state index contributed by atoms with van der Waals surface area (Å²) in [4.78, 5) is 12.8. The molecule has 0 spiro atoms. The zero-order valence-corrected chi connectivity index (χ0v) is 17.0. The number of hydrogen-bond donors (Lipinski definition) is 2. The van der Waals surface area contributed by atoms with Crippen LogP contribution in [0.4, 0.5) is 0 Å². The van der Waals surface area contributed by atoms with E-state index in [1.54, 1.807) is 7.11 Å². The Morgan fingerprint density at radius 1 is 1.27 bits per heavy atom.